The highest BCUT2D eigenvalue weighted by Crippen LogP contribution is 2.31. The van der Waals surface area contributed by atoms with Crippen LogP contribution in [-0.2, 0) is 4.79 Å². The lowest BCUT2D eigenvalue weighted by molar-refractivity contribution is -0.116. The minimum atomic E-state index is -0.360. The fraction of sp³-hybridized carbons (Fsp3) is 0.143. The lowest BCUT2D eigenvalue weighted by atomic mass is 10.3. The number of hydrogen-bond donors (Lipinski definition) is 1. The van der Waals surface area contributed by atoms with Gasteiger partial charge in [0.1, 0.15) is 5.75 Å². The highest BCUT2D eigenvalue weighted by molar-refractivity contribution is 5.97. The third-order valence-corrected chi connectivity index (χ3v) is 3.89. The van der Waals surface area contributed by atoms with Gasteiger partial charge in [0.15, 0.2) is 17.3 Å². The Bertz CT molecular complexity index is 936. The minimum absolute atomic E-state index is 0.0982. The molecule has 3 rings (SSSR count). The van der Waals surface area contributed by atoms with Crippen molar-refractivity contribution < 1.29 is 23.5 Å². The SMILES string of the molecule is COc1ccccc1Oc1ccc(NC(=O)CN(C)C(=O)c2ccco2)cc1. The van der Waals surface area contributed by atoms with E-state index in [1.54, 1.807) is 49.6 Å². The third-order valence-electron chi connectivity index (χ3n) is 3.89. The van der Waals surface area contributed by atoms with Crippen LogP contribution in [-0.4, -0.2) is 37.4 Å². The molecule has 0 saturated carbocycles. The number of benzene rings is 2. The average molecular weight is 380 g/mol. The standard InChI is InChI=1S/C21H20N2O5/c1-23(21(25)19-8-5-13-27-19)14-20(24)22-15-9-11-16(12-10-15)28-18-7-4-3-6-17(18)26-2/h3-13H,14H2,1-2H3,(H,22,24). The summed E-state index contributed by atoms with van der Waals surface area (Å²) in [5, 5.41) is 2.74. The molecule has 0 radical (unpaired) electrons. The molecule has 0 unspecified atom stereocenters. The number of para-hydroxylation sites is 2. The quantitative estimate of drug-likeness (QED) is 0.674. The molecule has 0 aliphatic carbocycles. The molecule has 2 aromatic carbocycles. The number of likely N-dealkylation sites (N-methyl/N-ethyl adjacent to an activating group) is 1. The van der Waals surface area contributed by atoms with E-state index >= 15 is 0 Å². The Morgan fingerprint density at radius 2 is 1.71 bits per heavy atom. The van der Waals surface area contributed by atoms with Gasteiger partial charge in [-0.3, -0.25) is 9.59 Å². The Morgan fingerprint density at radius 3 is 2.36 bits per heavy atom. The number of carbonyl (C=O) groups excluding carboxylic acids is 2. The van der Waals surface area contributed by atoms with Crippen LogP contribution in [0.2, 0.25) is 0 Å². The summed E-state index contributed by atoms with van der Waals surface area (Å²) in [6.07, 6.45) is 1.41. The Labute approximate surface area is 162 Å². The van der Waals surface area contributed by atoms with Gasteiger partial charge in [0.05, 0.1) is 19.9 Å². The smallest absolute Gasteiger partial charge is 0.289 e. The van der Waals surface area contributed by atoms with Gasteiger partial charge in [-0.05, 0) is 48.5 Å². The zero-order valence-electron chi connectivity index (χ0n) is 15.5. The molecule has 0 aliphatic heterocycles. The number of rotatable bonds is 7. The van der Waals surface area contributed by atoms with Crippen LogP contribution in [0.1, 0.15) is 10.6 Å². The number of nitrogens with zero attached hydrogens (tertiary/aromatic N) is 1. The molecule has 0 atom stereocenters. The second kappa shape index (κ2) is 8.77. The molecule has 1 N–H and O–H groups in total. The van der Waals surface area contributed by atoms with E-state index in [-0.39, 0.29) is 24.1 Å². The summed E-state index contributed by atoms with van der Waals surface area (Å²) in [7, 11) is 3.11. The van der Waals surface area contributed by atoms with Crippen LogP contribution < -0.4 is 14.8 Å². The van der Waals surface area contributed by atoms with Crippen molar-refractivity contribution in [1.29, 1.82) is 0 Å². The number of carbonyl (C=O) groups is 2. The Kier molecular flexibility index (Phi) is 5.96. The number of furan rings is 1. The maximum absolute atomic E-state index is 12.2. The van der Waals surface area contributed by atoms with Crippen LogP contribution in [0.25, 0.3) is 0 Å². The van der Waals surface area contributed by atoms with Crippen LogP contribution >= 0.6 is 0 Å². The molecule has 28 heavy (non-hydrogen) atoms. The van der Waals surface area contributed by atoms with E-state index in [4.69, 9.17) is 13.9 Å². The Hall–Kier alpha value is -3.74. The number of anilines is 1. The van der Waals surface area contributed by atoms with E-state index in [1.807, 2.05) is 18.2 Å². The van der Waals surface area contributed by atoms with Gasteiger partial charge in [-0.2, -0.15) is 0 Å². The van der Waals surface area contributed by atoms with Gasteiger partial charge in [0.25, 0.3) is 5.91 Å². The molecule has 7 heteroatoms. The summed E-state index contributed by atoms with van der Waals surface area (Å²) < 4.78 is 16.1. The van der Waals surface area contributed by atoms with Crippen molar-refractivity contribution in [2.45, 2.75) is 0 Å². The topological polar surface area (TPSA) is 81.0 Å². The summed E-state index contributed by atoms with van der Waals surface area (Å²) in [4.78, 5) is 25.5. The lowest BCUT2D eigenvalue weighted by Crippen LogP contribution is -2.34. The first-order chi connectivity index (χ1) is 13.6. The fourth-order valence-corrected chi connectivity index (χ4v) is 2.51. The number of methoxy groups -OCH3 is 1. The molecule has 144 valence electrons. The maximum atomic E-state index is 12.2. The highest BCUT2D eigenvalue weighted by atomic mass is 16.5. The molecule has 1 aromatic heterocycles. The number of nitrogens with one attached hydrogen (secondary N) is 1. The summed E-state index contributed by atoms with van der Waals surface area (Å²) in [5.74, 6) is 1.34. The Balaban J connectivity index is 1.56. The van der Waals surface area contributed by atoms with E-state index in [1.165, 1.54) is 18.2 Å². The maximum Gasteiger partial charge on any atom is 0.289 e. The molecule has 0 aliphatic rings. The summed E-state index contributed by atoms with van der Waals surface area (Å²) in [6.45, 7) is -0.0982. The first kappa shape index (κ1) is 19.0. The van der Waals surface area contributed by atoms with Gasteiger partial charge in [-0.1, -0.05) is 12.1 Å². The predicted molar refractivity (Wildman–Crippen MR) is 104 cm³/mol. The average Bonchev–Trinajstić information content (AvgIpc) is 3.24. The highest BCUT2D eigenvalue weighted by Gasteiger charge is 2.17. The first-order valence-electron chi connectivity index (χ1n) is 8.56. The molecule has 2 amide bonds. The monoisotopic (exact) mass is 380 g/mol. The Morgan fingerprint density at radius 1 is 1.00 bits per heavy atom. The molecule has 3 aromatic rings. The number of amides is 2. The molecule has 7 nitrogen and oxygen atoms in total. The zero-order valence-corrected chi connectivity index (χ0v) is 15.5. The second-order valence-corrected chi connectivity index (χ2v) is 5.96. The van der Waals surface area contributed by atoms with Crippen LogP contribution in [0.4, 0.5) is 5.69 Å². The van der Waals surface area contributed by atoms with Gasteiger partial charge in [0, 0.05) is 12.7 Å². The zero-order chi connectivity index (χ0) is 19.9. The molecular formula is C21H20N2O5. The van der Waals surface area contributed by atoms with Crippen molar-refractivity contribution in [1.82, 2.24) is 4.90 Å². The van der Waals surface area contributed by atoms with E-state index in [9.17, 15) is 9.59 Å². The van der Waals surface area contributed by atoms with Crippen molar-refractivity contribution in [3.8, 4) is 17.2 Å². The van der Waals surface area contributed by atoms with Crippen LogP contribution in [0.5, 0.6) is 17.2 Å². The predicted octanol–water partition coefficient (Wildman–Crippen LogP) is 3.79. The fourth-order valence-electron chi connectivity index (χ4n) is 2.51. The number of hydrogen-bond acceptors (Lipinski definition) is 5. The molecular weight excluding hydrogens is 360 g/mol. The summed E-state index contributed by atoms with van der Waals surface area (Å²) in [5.41, 5.74) is 0.594. The van der Waals surface area contributed by atoms with Gasteiger partial charge in [0.2, 0.25) is 5.91 Å². The van der Waals surface area contributed by atoms with Crippen molar-refractivity contribution >= 4 is 17.5 Å². The molecule has 0 saturated heterocycles. The van der Waals surface area contributed by atoms with Crippen molar-refractivity contribution in [2.75, 3.05) is 26.0 Å². The van der Waals surface area contributed by atoms with Crippen molar-refractivity contribution in [3.63, 3.8) is 0 Å². The normalized spacial score (nSPS) is 10.2. The van der Waals surface area contributed by atoms with E-state index < -0.39 is 0 Å². The minimum Gasteiger partial charge on any atom is -0.493 e. The summed E-state index contributed by atoms with van der Waals surface area (Å²) >= 11 is 0. The van der Waals surface area contributed by atoms with Crippen LogP contribution in [0.3, 0.4) is 0 Å². The largest absolute Gasteiger partial charge is 0.493 e. The second-order valence-electron chi connectivity index (χ2n) is 5.96. The van der Waals surface area contributed by atoms with E-state index in [2.05, 4.69) is 5.32 Å². The van der Waals surface area contributed by atoms with E-state index in [0.29, 0.717) is 22.9 Å². The third kappa shape index (κ3) is 4.70. The van der Waals surface area contributed by atoms with Gasteiger partial charge < -0.3 is 24.1 Å². The molecule has 1 heterocycles. The molecule has 0 spiro atoms. The summed E-state index contributed by atoms with van der Waals surface area (Å²) in [6, 6.07) is 17.4. The van der Waals surface area contributed by atoms with Gasteiger partial charge in [-0.25, -0.2) is 0 Å². The number of ether oxygens (including phenoxy) is 2. The van der Waals surface area contributed by atoms with Gasteiger partial charge >= 0.3 is 0 Å². The lowest BCUT2D eigenvalue weighted by Gasteiger charge is -2.15. The van der Waals surface area contributed by atoms with Crippen molar-refractivity contribution in [3.05, 3.63) is 72.7 Å². The van der Waals surface area contributed by atoms with Crippen LogP contribution in [0.15, 0.2) is 71.3 Å². The van der Waals surface area contributed by atoms with Crippen LogP contribution in [0, 0.1) is 0 Å². The molecule has 0 fully saturated rings. The van der Waals surface area contributed by atoms with Crippen molar-refractivity contribution in [2.24, 2.45) is 0 Å². The van der Waals surface area contributed by atoms with E-state index in [0.717, 1.165) is 0 Å². The van der Waals surface area contributed by atoms with Gasteiger partial charge in [-0.15, -0.1) is 0 Å². The first-order valence-corrected chi connectivity index (χ1v) is 8.56. The molecule has 0 bridgehead atoms.